The van der Waals surface area contributed by atoms with Crippen LogP contribution in [-0.2, 0) is 4.74 Å². The van der Waals surface area contributed by atoms with Crippen LogP contribution >= 0.6 is 0 Å². The summed E-state index contributed by atoms with van der Waals surface area (Å²) in [6.45, 7) is 7.35. The Bertz CT molecular complexity index is 822. The van der Waals surface area contributed by atoms with Gasteiger partial charge in [-0.05, 0) is 62.6 Å². The number of esters is 1. The van der Waals surface area contributed by atoms with Crippen molar-refractivity contribution in [3.63, 3.8) is 0 Å². The second-order valence-corrected chi connectivity index (χ2v) is 8.08. The lowest BCUT2D eigenvalue weighted by Crippen LogP contribution is -2.23. The molecule has 0 amide bonds. The number of aliphatic hydroxyl groups excluding tert-OH is 1. The van der Waals surface area contributed by atoms with E-state index < -0.39 is 24.0 Å². The van der Waals surface area contributed by atoms with Crippen LogP contribution in [0, 0.1) is 0 Å². The minimum absolute atomic E-state index is 0.280. The van der Waals surface area contributed by atoms with Crippen molar-refractivity contribution >= 4 is 5.97 Å². The smallest absolute Gasteiger partial charge is 0.456 e. The molecule has 0 spiro atoms. The van der Waals surface area contributed by atoms with Gasteiger partial charge in [0.05, 0.1) is 11.7 Å². The second kappa shape index (κ2) is 9.51. The number of ether oxygens (including phenoxy) is 2. The molecule has 164 valence electrons. The lowest BCUT2D eigenvalue weighted by Gasteiger charge is -2.24. The van der Waals surface area contributed by atoms with Gasteiger partial charge in [0.1, 0.15) is 11.4 Å². The molecule has 2 aromatic carbocycles. The summed E-state index contributed by atoms with van der Waals surface area (Å²) in [6.07, 6.45) is -4.23. The number of hydrogen-bond donors (Lipinski definition) is 1. The Morgan fingerprint density at radius 3 is 1.97 bits per heavy atom. The molecule has 2 atom stereocenters. The van der Waals surface area contributed by atoms with Gasteiger partial charge in [-0.1, -0.05) is 37.6 Å². The summed E-state index contributed by atoms with van der Waals surface area (Å²) in [4.78, 5) is 12.2. The summed E-state index contributed by atoms with van der Waals surface area (Å²) in [5.41, 5.74) is 1.12. The molecule has 2 rings (SSSR count). The molecule has 2 unspecified atom stereocenters. The van der Waals surface area contributed by atoms with Crippen LogP contribution in [0.1, 0.15) is 74.0 Å². The zero-order valence-corrected chi connectivity index (χ0v) is 17.5. The Hall–Kier alpha value is -2.54. The van der Waals surface area contributed by atoms with Crippen molar-refractivity contribution in [1.82, 2.24) is 0 Å². The van der Waals surface area contributed by atoms with Gasteiger partial charge in [0.2, 0.25) is 0 Å². The molecule has 0 saturated heterocycles. The van der Waals surface area contributed by atoms with E-state index in [1.165, 1.54) is 24.3 Å². The Morgan fingerprint density at radius 1 is 0.967 bits per heavy atom. The van der Waals surface area contributed by atoms with Gasteiger partial charge in [-0.3, -0.25) is 0 Å². The highest BCUT2D eigenvalue weighted by Crippen LogP contribution is 2.36. The monoisotopic (exact) mass is 424 g/mol. The maximum Gasteiger partial charge on any atom is 0.573 e. The topological polar surface area (TPSA) is 55.8 Å². The summed E-state index contributed by atoms with van der Waals surface area (Å²) in [5.74, 6) is -1.05. The average Bonchev–Trinajstić information content (AvgIpc) is 2.64. The minimum atomic E-state index is -4.76. The number of rotatable bonds is 7. The normalized spacial score (nSPS) is 14.1. The molecule has 1 N–H and O–H groups in total. The fourth-order valence-corrected chi connectivity index (χ4v) is 3.12. The van der Waals surface area contributed by atoms with Crippen LogP contribution in [0.15, 0.2) is 48.5 Å². The largest absolute Gasteiger partial charge is 0.573 e. The molecule has 30 heavy (non-hydrogen) atoms. The molecule has 7 heteroatoms. The maximum absolute atomic E-state index is 12.3. The highest BCUT2D eigenvalue weighted by molar-refractivity contribution is 5.89. The van der Waals surface area contributed by atoms with Crippen LogP contribution in [0.5, 0.6) is 5.75 Å². The Morgan fingerprint density at radius 2 is 1.50 bits per heavy atom. The van der Waals surface area contributed by atoms with E-state index in [2.05, 4.69) is 4.74 Å². The predicted octanol–water partition coefficient (Wildman–Crippen LogP) is 6.16. The molecule has 0 fully saturated rings. The first-order valence-corrected chi connectivity index (χ1v) is 9.76. The zero-order chi connectivity index (χ0) is 22.5. The van der Waals surface area contributed by atoms with E-state index in [1.54, 1.807) is 45.0 Å². The van der Waals surface area contributed by atoms with Gasteiger partial charge in [0.15, 0.2) is 0 Å². The van der Waals surface area contributed by atoms with Crippen LogP contribution in [-0.4, -0.2) is 23.0 Å². The highest BCUT2D eigenvalue weighted by Gasteiger charge is 2.31. The van der Waals surface area contributed by atoms with E-state index in [0.29, 0.717) is 17.5 Å². The summed E-state index contributed by atoms with van der Waals surface area (Å²) in [5, 5.41) is 10.9. The molecule has 2 aromatic rings. The van der Waals surface area contributed by atoms with Gasteiger partial charge in [-0.25, -0.2) is 4.79 Å². The van der Waals surface area contributed by atoms with Crippen molar-refractivity contribution < 1.29 is 32.5 Å². The van der Waals surface area contributed by atoms with Gasteiger partial charge in [-0.2, -0.15) is 0 Å². The van der Waals surface area contributed by atoms with Gasteiger partial charge in [-0.15, -0.1) is 13.2 Å². The fourth-order valence-electron chi connectivity index (χ4n) is 3.12. The van der Waals surface area contributed by atoms with Crippen LogP contribution in [0.25, 0.3) is 0 Å². The number of hydrogen-bond acceptors (Lipinski definition) is 4. The van der Waals surface area contributed by atoms with E-state index in [0.717, 1.165) is 12.0 Å². The summed E-state index contributed by atoms with van der Waals surface area (Å²) in [7, 11) is 0. The first kappa shape index (κ1) is 23.7. The summed E-state index contributed by atoms with van der Waals surface area (Å²) < 4.78 is 46.2. The van der Waals surface area contributed by atoms with Crippen molar-refractivity contribution in [2.45, 2.75) is 64.5 Å². The maximum atomic E-state index is 12.3. The number of carbonyl (C=O) groups excluding carboxylic acids is 1. The SMILES string of the molecule is CCCC(c1ccc(C(=O)OC(C)(C)C)cc1)C(O)c1ccc(OC(F)(F)F)cc1. The van der Waals surface area contributed by atoms with Crippen molar-refractivity contribution in [1.29, 1.82) is 0 Å². The first-order valence-electron chi connectivity index (χ1n) is 9.76. The van der Waals surface area contributed by atoms with Gasteiger partial charge in [0.25, 0.3) is 0 Å². The molecule has 0 radical (unpaired) electrons. The van der Waals surface area contributed by atoms with Gasteiger partial charge >= 0.3 is 12.3 Å². The number of aliphatic hydroxyl groups is 1. The van der Waals surface area contributed by atoms with Gasteiger partial charge < -0.3 is 14.6 Å². The van der Waals surface area contributed by atoms with Crippen LogP contribution < -0.4 is 4.74 Å². The number of halogens is 3. The zero-order valence-electron chi connectivity index (χ0n) is 17.5. The Balaban J connectivity index is 2.19. The van der Waals surface area contributed by atoms with E-state index in [9.17, 15) is 23.1 Å². The predicted molar refractivity (Wildman–Crippen MR) is 107 cm³/mol. The third-order valence-electron chi connectivity index (χ3n) is 4.41. The summed E-state index contributed by atoms with van der Waals surface area (Å²) in [6, 6.07) is 12.0. The van der Waals surface area contributed by atoms with Crippen molar-refractivity contribution in [3.05, 3.63) is 65.2 Å². The number of benzene rings is 2. The molecule has 0 bridgehead atoms. The Labute approximate surface area is 174 Å². The van der Waals surface area contributed by atoms with E-state index in [1.807, 2.05) is 6.92 Å². The van der Waals surface area contributed by atoms with Crippen molar-refractivity contribution in [3.8, 4) is 5.75 Å². The standard InChI is InChI=1S/C23H27F3O4/c1-5-6-19(15-7-9-17(10-8-15)21(28)30-22(2,3)4)20(27)16-11-13-18(14-12-16)29-23(24,25)26/h7-14,19-20,27H,5-6H2,1-4H3. The molecular weight excluding hydrogens is 397 g/mol. The number of carbonyl (C=O) groups is 1. The minimum Gasteiger partial charge on any atom is -0.456 e. The Kier molecular flexibility index (Phi) is 7.53. The molecule has 0 aromatic heterocycles. The number of alkyl halides is 3. The molecule has 0 aliphatic heterocycles. The average molecular weight is 424 g/mol. The lowest BCUT2D eigenvalue weighted by molar-refractivity contribution is -0.274. The molecule has 0 heterocycles. The molecule has 0 aliphatic carbocycles. The molecule has 4 nitrogen and oxygen atoms in total. The fraction of sp³-hybridized carbons (Fsp3) is 0.435. The molecule has 0 saturated carbocycles. The van der Waals surface area contributed by atoms with Crippen molar-refractivity contribution in [2.24, 2.45) is 0 Å². The first-order chi connectivity index (χ1) is 13.9. The van der Waals surface area contributed by atoms with E-state index in [-0.39, 0.29) is 11.7 Å². The quantitative estimate of drug-likeness (QED) is 0.541. The lowest BCUT2D eigenvalue weighted by atomic mass is 9.85. The van der Waals surface area contributed by atoms with Crippen LogP contribution in [0.3, 0.4) is 0 Å². The van der Waals surface area contributed by atoms with Crippen LogP contribution in [0.2, 0.25) is 0 Å². The third-order valence-corrected chi connectivity index (χ3v) is 4.41. The second-order valence-electron chi connectivity index (χ2n) is 8.08. The third kappa shape index (κ3) is 7.06. The molecular formula is C23H27F3O4. The van der Waals surface area contributed by atoms with Crippen molar-refractivity contribution in [2.75, 3.05) is 0 Å². The van der Waals surface area contributed by atoms with E-state index in [4.69, 9.17) is 4.74 Å². The van der Waals surface area contributed by atoms with Crippen LogP contribution in [0.4, 0.5) is 13.2 Å². The molecule has 0 aliphatic rings. The van der Waals surface area contributed by atoms with E-state index >= 15 is 0 Å². The van der Waals surface area contributed by atoms with Gasteiger partial charge in [0, 0.05) is 5.92 Å². The summed E-state index contributed by atoms with van der Waals surface area (Å²) >= 11 is 0. The highest BCUT2D eigenvalue weighted by atomic mass is 19.4.